The van der Waals surface area contributed by atoms with Crippen molar-refractivity contribution in [2.75, 3.05) is 13.7 Å². The minimum atomic E-state index is -0.719. The standard InChI is InChI=1S/C23H24BrNO5/c1-3-4-5-12-25-20(14-6-9-16(26)10-7-14)19(22(28)23(25)29)21(27)15-8-11-18(30-2)17(24)13-15/h6-11,13,20,26-27H,3-5,12H2,1-2H3/b21-19-. The molecule has 30 heavy (non-hydrogen) atoms. The van der Waals surface area contributed by atoms with Gasteiger partial charge in [0.15, 0.2) is 0 Å². The Morgan fingerprint density at radius 3 is 2.43 bits per heavy atom. The van der Waals surface area contributed by atoms with Crippen LogP contribution in [0.3, 0.4) is 0 Å². The number of amides is 1. The minimum Gasteiger partial charge on any atom is -0.508 e. The number of unbranched alkanes of at least 4 members (excludes halogenated alkanes) is 2. The lowest BCUT2D eigenvalue weighted by Gasteiger charge is -2.25. The van der Waals surface area contributed by atoms with Crippen molar-refractivity contribution in [3.05, 3.63) is 63.6 Å². The number of aliphatic hydroxyl groups excluding tert-OH is 1. The highest BCUT2D eigenvalue weighted by atomic mass is 79.9. The SMILES string of the molecule is CCCCCN1C(=O)C(=O)/C(=C(\O)c2ccc(OC)c(Br)c2)C1c1ccc(O)cc1. The molecule has 6 nitrogen and oxygen atoms in total. The monoisotopic (exact) mass is 473 g/mol. The van der Waals surface area contributed by atoms with Crippen LogP contribution in [-0.4, -0.2) is 40.5 Å². The number of ether oxygens (including phenoxy) is 1. The number of hydrogen-bond acceptors (Lipinski definition) is 5. The molecular weight excluding hydrogens is 450 g/mol. The van der Waals surface area contributed by atoms with Crippen LogP contribution in [0.1, 0.15) is 43.4 Å². The quantitative estimate of drug-likeness (QED) is 0.261. The highest BCUT2D eigenvalue weighted by molar-refractivity contribution is 9.10. The number of nitrogens with zero attached hydrogens (tertiary/aromatic N) is 1. The van der Waals surface area contributed by atoms with Crippen LogP contribution in [0.5, 0.6) is 11.5 Å². The fraction of sp³-hybridized carbons (Fsp3) is 0.304. The van der Waals surface area contributed by atoms with E-state index >= 15 is 0 Å². The molecule has 0 radical (unpaired) electrons. The summed E-state index contributed by atoms with van der Waals surface area (Å²) in [5.41, 5.74) is 1.09. The number of phenolic OH excluding ortho intramolecular Hbond substituents is 1. The number of carbonyl (C=O) groups excluding carboxylic acids is 2. The van der Waals surface area contributed by atoms with E-state index in [0.29, 0.717) is 27.9 Å². The molecule has 1 fully saturated rings. The molecule has 1 atom stereocenters. The zero-order valence-corrected chi connectivity index (χ0v) is 18.5. The number of phenols is 1. The van der Waals surface area contributed by atoms with Crippen LogP contribution in [0, 0.1) is 0 Å². The third-order valence-corrected chi connectivity index (χ3v) is 5.80. The third-order valence-electron chi connectivity index (χ3n) is 5.18. The lowest BCUT2D eigenvalue weighted by molar-refractivity contribution is -0.139. The first kappa shape index (κ1) is 21.9. The van der Waals surface area contributed by atoms with Crippen molar-refractivity contribution >= 4 is 33.4 Å². The fourth-order valence-electron chi connectivity index (χ4n) is 3.62. The molecule has 158 valence electrons. The molecule has 0 spiro atoms. The Morgan fingerprint density at radius 2 is 1.83 bits per heavy atom. The summed E-state index contributed by atoms with van der Waals surface area (Å²) in [6, 6.07) is 10.6. The Morgan fingerprint density at radius 1 is 1.13 bits per heavy atom. The summed E-state index contributed by atoms with van der Waals surface area (Å²) >= 11 is 3.38. The van der Waals surface area contributed by atoms with Crippen molar-refractivity contribution in [3.63, 3.8) is 0 Å². The first-order valence-corrected chi connectivity index (χ1v) is 10.6. The van der Waals surface area contributed by atoms with Crippen LogP contribution in [0.15, 0.2) is 52.5 Å². The molecule has 1 aliphatic heterocycles. The van der Waals surface area contributed by atoms with E-state index in [-0.39, 0.29) is 17.1 Å². The van der Waals surface area contributed by atoms with Gasteiger partial charge in [-0.15, -0.1) is 0 Å². The molecule has 1 saturated heterocycles. The van der Waals surface area contributed by atoms with Crippen molar-refractivity contribution < 1.29 is 24.5 Å². The molecule has 0 bridgehead atoms. The van der Waals surface area contributed by atoms with Crippen molar-refractivity contribution in [2.24, 2.45) is 0 Å². The number of benzene rings is 2. The first-order valence-electron chi connectivity index (χ1n) is 9.80. The Bertz CT molecular complexity index is 984. The molecular formula is C23H24BrNO5. The smallest absolute Gasteiger partial charge is 0.295 e. The maximum atomic E-state index is 12.9. The number of ketones is 1. The summed E-state index contributed by atoms with van der Waals surface area (Å²) in [5.74, 6) is -0.914. The average Bonchev–Trinajstić information content (AvgIpc) is 2.99. The van der Waals surface area contributed by atoms with Gasteiger partial charge in [-0.3, -0.25) is 9.59 Å². The average molecular weight is 474 g/mol. The lowest BCUT2D eigenvalue weighted by atomic mass is 9.95. The molecule has 2 N–H and O–H groups in total. The molecule has 1 aliphatic rings. The second-order valence-corrected chi connectivity index (χ2v) is 7.99. The molecule has 0 aliphatic carbocycles. The topological polar surface area (TPSA) is 87.1 Å². The van der Waals surface area contributed by atoms with Gasteiger partial charge in [-0.25, -0.2) is 0 Å². The van der Waals surface area contributed by atoms with Gasteiger partial charge >= 0.3 is 0 Å². The van der Waals surface area contributed by atoms with Gasteiger partial charge in [0.05, 0.1) is 23.2 Å². The van der Waals surface area contributed by atoms with Crippen molar-refractivity contribution in [2.45, 2.75) is 32.2 Å². The second-order valence-electron chi connectivity index (χ2n) is 7.14. The van der Waals surface area contributed by atoms with Gasteiger partial charge in [0.2, 0.25) is 0 Å². The van der Waals surface area contributed by atoms with Crippen LogP contribution < -0.4 is 4.74 Å². The van der Waals surface area contributed by atoms with E-state index in [1.165, 1.54) is 24.1 Å². The van der Waals surface area contributed by atoms with E-state index in [1.54, 1.807) is 30.3 Å². The number of carbonyl (C=O) groups is 2. The zero-order chi connectivity index (χ0) is 21.8. The molecule has 1 amide bonds. The summed E-state index contributed by atoms with van der Waals surface area (Å²) in [7, 11) is 1.53. The van der Waals surface area contributed by atoms with Gasteiger partial charge in [0.1, 0.15) is 17.3 Å². The summed E-state index contributed by atoms with van der Waals surface area (Å²) in [6.07, 6.45) is 2.66. The molecule has 3 rings (SSSR count). The molecule has 2 aromatic carbocycles. The largest absolute Gasteiger partial charge is 0.508 e. The molecule has 0 aromatic heterocycles. The zero-order valence-electron chi connectivity index (χ0n) is 16.9. The summed E-state index contributed by atoms with van der Waals surface area (Å²) < 4.78 is 5.84. The molecule has 0 saturated carbocycles. The van der Waals surface area contributed by atoms with Crippen molar-refractivity contribution in [1.82, 2.24) is 4.90 Å². The van der Waals surface area contributed by atoms with Crippen LogP contribution in [0.25, 0.3) is 5.76 Å². The molecule has 7 heteroatoms. The number of methoxy groups -OCH3 is 1. The van der Waals surface area contributed by atoms with Gasteiger partial charge < -0.3 is 19.8 Å². The van der Waals surface area contributed by atoms with E-state index in [4.69, 9.17) is 4.74 Å². The van der Waals surface area contributed by atoms with Gasteiger partial charge in [-0.1, -0.05) is 31.9 Å². The normalized spacial score (nSPS) is 18.1. The van der Waals surface area contributed by atoms with E-state index in [2.05, 4.69) is 22.9 Å². The number of aliphatic hydroxyl groups is 1. The number of hydrogen-bond donors (Lipinski definition) is 2. The number of Topliss-reactive ketones (excluding diaryl/α,β-unsaturated/α-hetero) is 1. The second kappa shape index (κ2) is 9.34. The van der Waals surface area contributed by atoms with E-state index in [0.717, 1.165) is 19.3 Å². The van der Waals surface area contributed by atoms with Gasteiger partial charge in [0.25, 0.3) is 11.7 Å². The summed E-state index contributed by atoms with van der Waals surface area (Å²) in [4.78, 5) is 27.3. The fourth-order valence-corrected chi connectivity index (χ4v) is 4.16. The van der Waals surface area contributed by atoms with Crippen molar-refractivity contribution in [3.8, 4) is 11.5 Å². The third kappa shape index (κ3) is 4.21. The minimum absolute atomic E-state index is 0.0410. The maximum absolute atomic E-state index is 12.9. The summed E-state index contributed by atoms with van der Waals surface area (Å²) in [6.45, 7) is 2.47. The maximum Gasteiger partial charge on any atom is 0.295 e. The van der Waals surface area contributed by atoms with E-state index < -0.39 is 17.7 Å². The predicted molar refractivity (Wildman–Crippen MR) is 117 cm³/mol. The predicted octanol–water partition coefficient (Wildman–Crippen LogP) is 4.78. The van der Waals surface area contributed by atoms with Crippen LogP contribution in [-0.2, 0) is 9.59 Å². The Kier molecular flexibility index (Phi) is 6.82. The highest BCUT2D eigenvalue weighted by Gasteiger charge is 2.45. The van der Waals surface area contributed by atoms with Crippen LogP contribution in [0.4, 0.5) is 0 Å². The van der Waals surface area contributed by atoms with Gasteiger partial charge in [-0.05, 0) is 58.2 Å². The van der Waals surface area contributed by atoms with E-state index in [1.807, 2.05) is 0 Å². The first-order chi connectivity index (χ1) is 14.4. The molecule has 1 heterocycles. The Labute approximate surface area is 183 Å². The Hall–Kier alpha value is -2.80. The van der Waals surface area contributed by atoms with Gasteiger partial charge in [0, 0.05) is 12.1 Å². The number of likely N-dealkylation sites (tertiary alicyclic amines) is 1. The van der Waals surface area contributed by atoms with E-state index in [9.17, 15) is 19.8 Å². The van der Waals surface area contributed by atoms with Crippen LogP contribution in [0.2, 0.25) is 0 Å². The van der Waals surface area contributed by atoms with Crippen molar-refractivity contribution in [1.29, 1.82) is 0 Å². The van der Waals surface area contributed by atoms with Crippen LogP contribution >= 0.6 is 15.9 Å². The number of rotatable bonds is 7. The van der Waals surface area contributed by atoms with Gasteiger partial charge in [-0.2, -0.15) is 0 Å². The number of halogens is 1. The highest BCUT2D eigenvalue weighted by Crippen LogP contribution is 2.40. The summed E-state index contributed by atoms with van der Waals surface area (Å²) in [5, 5.41) is 20.7. The lowest BCUT2D eigenvalue weighted by Crippen LogP contribution is -2.30. The number of aromatic hydroxyl groups is 1. The molecule has 1 unspecified atom stereocenters. The molecule has 2 aromatic rings. The Balaban J connectivity index is 2.12.